The van der Waals surface area contributed by atoms with Crippen LogP contribution in [0, 0.1) is 0 Å². The van der Waals surface area contributed by atoms with E-state index < -0.39 is 5.97 Å². The van der Waals surface area contributed by atoms with Gasteiger partial charge in [0, 0.05) is 38.8 Å². The molecule has 9 heteroatoms. The van der Waals surface area contributed by atoms with E-state index in [9.17, 15) is 9.59 Å². The molecule has 0 aliphatic carbocycles. The highest BCUT2D eigenvalue weighted by Gasteiger charge is 2.24. The van der Waals surface area contributed by atoms with Crippen molar-refractivity contribution in [3.05, 3.63) is 72.1 Å². The number of piperazine rings is 1. The number of esters is 1. The zero-order valence-electron chi connectivity index (χ0n) is 20.5. The molecule has 186 valence electrons. The van der Waals surface area contributed by atoms with Crippen LogP contribution in [0.25, 0.3) is 22.5 Å². The van der Waals surface area contributed by atoms with Crippen molar-refractivity contribution in [3.63, 3.8) is 0 Å². The van der Waals surface area contributed by atoms with Crippen LogP contribution in [0.5, 0.6) is 0 Å². The summed E-state index contributed by atoms with van der Waals surface area (Å²) < 4.78 is 12.7. The Kier molecular flexibility index (Phi) is 6.81. The fourth-order valence-corrected chi connectivity index (χ4v) is 4.41. The van der Waals surface area contributed by atoms with E-state index in [-0.39, 0.29) is 18.6 Å². The summed E-state index contributed by atoms with van der Waals surface area (Å²) in [5.74, 6) is -0.251. The van der Waals surface area contributed by atoms with Crippen molar-refractivity contribution in [3.8, 4) is 11.5 Å². The summed E-state index contributed by atoms with van der Waals surface area (Å²) >= 11 is 0. The monoisotopic (exact) mass is 487 g/mol. The number of amides is 1. The molecule has 4 heterocycles. The molecule has 0 spiro atoms. The first-order chi connectivity index (χ1) is 17.5. The third-order valence-electron chi connectivity index (χ3n) is 6.35. The third-order valence-corrected chi connectivity index (χ3v) is 6.35. The van der Waals surface area contributed by atoms with Crippen molar-refractivity contribution in [2.24, 2.45) is 0 Å². The van der Waals surface area contributed by atoms with Gasteiger partial charge in [-0.3, -0.25) is 9.69 Å². The van der Waals surface area contributed by atoms with Crippen molar-refractivity contribution in [1.82, 2.24) is 24.6 Å². The standard InChI is InChI=1S/C27H29N5O4/c1-19(2)32-26-22(16-28-32)21(15-23(29-26)24-9-6-14-35-24)27(34)36-18-25(33)31-12-10-30(11-13-31)17-20-7-4-3-5-8-20/h3-9,14-16,19H,10-13,17-18H2,1-2H3. The van der Waals surface area contributed by atoms with Crippen LogP contribution in [-0.4, -0.2) is 69.2 Å². The number of hydrogen-bond acceptors (Lipinski definition) is 7. The number of furan rings is 1. The van der Waals surface area contributed by atoms with Gasteiger partial charge in [0.2, 0.25) is 0 Å². The first-order valence-corrected chi connectivity index (χ1v) is 12.1. The van der Waals surface area contributed by atoms with E-state index in [0.717, 1.165) is 19.6 Å². The van der Waals surface area contributed by atoms with Crippen molar-refractivity contribution in [2.75, 3.05) is 32.8 Å². The highest BCUT2D eigenvalue weighted by molar-refractivity contribution is 6.04. The molecular weight excluding hydrogens is 458 g/mol. The van der Waals surface area contributed by atoms with Crippen molar-refractivity contribution in [2.45, 2.75) is 26.4 Å². The molecule has 4 aromatic rings. The number of fused-ring (bicyclic) bond motifs is 1. The Bertz CT molecular complexity index is 1340. The SMILES string of the molecule is CC(C)n1ncc2c(C(=O)OCC(=O)N3CCN(Cc4ccccc4)CC3)cc(-c3ccco3)nc21. The Morgan fingerprint density at radius 1 is 1.06 bits per heavy atom. The molecule has 0 bridgehead atoms. The Hall–Kier alpha value is -3.98. The van der Waals surface area contributed by atoms with E-state index in [0.29, 0.717) is 41.1 Å². The second kappa shape index (κ2) is 10.3. The van der Waals surface area contributed by atoms with Gasteiger partial charge in [-0.05, 0) is 37.6 Å². The maximum Gasteiger partial charge on any atom is 0.339 e. The summed E-state index contributed by atoms with van der Waals surface area (Å²) in [7, 11) is 0. The number of carbonyl (C=O) groups is 2. The zero-order valence-corrected chi connectivity index (χ0v) is 20.5. The fraction of sp³-hybridized carbons (Fsp3) is 0.333. The van der Waals surface area contributed by atoms with Crippen LogP contribution < -0.4 is 0 Å². The highest BCUT2D eigenvalue weighted by atomic mass is 16.5. The lowest BCUT2D eigenvalue weighted by Crippen LogP contribution is -2.49. The topological polar surface area (TPSA) is 93.7 Å². The van der Waals surface area contributed by atoms with Crippen LogP contribution in [0.4, 0.5) is 0 Å². The van der Waals surface area contributed by atoms with E-state index in [4.69, 9.17) is 9.15 Å². The van der Waals surface area contributed by atoms with E-state index >= 15 is 0 Å². The predicted octanol–water partition coefficient (Wildman–Crippen LogP) is 3.77. The van der Waals surface area contributed by atoms with Crippen LogP contribution in [0.3, 0.4) is 0 Å². The summed E-state index contributed by atoms with van der Waals surface area (Å²) in [4.78, 5) is 34.6. The Labute approximate surface area is 209 Å². The lowest BCUT2D eigenvalue weighted by Gasteiger charge is -2.34. The van der Waals surface area contributed by atoms with Crippen LogP contribution in [0.1, 0.15) is 35.8 Å². The zero-order chi connectivity index (χ0) is 25.1. The summed E-state index contributed by atoms with van der Waals surface area (Å²) in [5, 5.41) is 4.98. The van der Waals surface area contributed by atoms with Crippen LogP contribution in [0.2, 0.25) is 0 Å². The second-order valence-corrected chi connectivity index (χ2v) is 9.17. The Morgan fingerprint density at radius 3 is 2.53 bits per heavy atom. The van der Waals surface area contributed by atoms with Crippen LogP contribution in [0.15, 0.2) is 65.4 Å². The first-order valence-electron chi connectivity index (χ1n) is 12.1. The van der Waals surface area contributed by atoms with E-state index in [2.05, 4.69) is 27.1 Å². The summed E-state index contributed by atoms with van der Waals surface area (Å²) in [6.45, 7) is 7.29. The molecule has 0 atom stereocenters. The highest BCUT2D eigenvalue weighted by Crippen LogP contribution is 2.27. The molecule has 5 rings (SSSR count). The maximum atomic E-state index is 13.1. The lowest BCUT2D eigenvalue weighted by molar-refractivity contribution is -0.136. The Balaban J connectivity index is 1.25. The van der Waals surface area contributed by atoms with Crippen molar-refractivity contribution in [1.29, 1.82) is 0 Å². The molecule has 3 aromatic heterocycles. The van der Waals surface area contributed by atoms with Crippen LogP contribution >= 0.6 is 0 Å². The van der Waals surface area contributed by atoms with Gasteiger partial charge in [-0.15, -0.1) is 0 Å². The molecule has 0 saturated carbocycles. The average molecular weight is 488 g/mol. The molecule has 9 nitrogen and oxygen atoms in total. The van der Waals surface area contributed by atoms with Gasteiger partial charge in [-0.2, -0.15) is 5.10 Å². The maximum absolute atomic E-state index is 13.1. The van der Waals surface area contributed by atoms with E-state index in [1.807, 2.05) is 32.0 Å². The first kappa shape index (κ1) is 23.7. The number of pyridine rings is 1. The van der Waals surface area contributed by atoms with E-state index in [1.54, 1.807) is 40.2 Å². The lowest BCUT2D eigenvalue weighted by atomic mass is 10.1. The smallest absolute Gasteiger partial charge is 0.339 e. The second-order valence-electron chi connectivity index (χ2n) is 9.17. The number of aromatic nitrogens is 3. The third kappa shape index (κ3) is 5.01. The minimum atomic E-state index is -0.588. The average Bonchev–Trinajstić information content (AvgIpc) is 3.58. The number of nitrogens with zero attached hydrogens (tertiary/aromatic N) is 5. The van der Waals surface area contributed by atoms with E-state index in [1.165, 1.54) is 5.56 Å². The number of rotatable bonds is 7. The molecule has 1 aromatic carbocycles. The van der Waals surface area contributed by atoms with Crippen molar-refractivity contribution < 1.29 is 18.7 Å². The van der Waals surface area contributed by atoms with Gasteiger partial charge in [0.05, 0.1) is 23.4 Å². The summed E-state index contributed by atoms with van der Waals surface area (Å²) in [6, 6.07) is 15.5. The van der Waals surface area contributed by atoms with Crippen LogP contribution in [-0.2, 0) is 16.1 Å². The number of ether oxygens (including phenoxy) is 1. The van der Waals surface area contributed by atoms with Gasteiger partial charge >= 0.3 is 5.97 Å². The largest absolute Gasteiger partial charge is 0.463 e. The van der Waals surface area contributed by atoms with Gasteiger partial charge in [-0.1, -0.05) is 30.3 Å². The molecule has 0 unspecified atom stereocenters. The number of benzene rings is 1. The number of hydrogen-bond donors (Lipinski definition) is 0. The Morgan fingerprint density at radius 2 is 1.83 bits per heavy atom. The van der Waals surface area contributed by atoms with Gasteiger partial charge in [0.25, 0.3) is 5.91 Å². The molecule has 1 saturated heterocycles. The van der Waals surface area contributed by atoms with Gasteiger partial charge in [-0.25, -0.2) is 14.5 Å². The van der Waals surface area contributed by atoms with Crippen molar-refractivity contribution >= 4 is 22.9 Å². The summed E-state index contributed by atoms with van der Waals surface area (Å²) in [5.41, 5.74) is 2.62. The van der Waals surface area contributed by atoms with Gasteiger partial charge < -0.3 is 14.1 Å². The molecule has 0 N–H and O–H groups in total. The van der Waals surface area contributed by atoms with Gasteiger partial charge in [0.15, 0.2) is 18.0 Å². The molecule has 1 aliphatic heterocycles. The number of carbonyl (C=O) groups excluding carboxylic acids is 2. The molecule has 0 radical (unpaired) electrons. The minimum Gasteiger partial charge on any atom is -0.463 e. The molecule has 1 fully saturated rings. The molecule has 1 aliphatic rings. The van der Waals surface area contributed by atoms with Gasteiger partial charge in [0.1, 0.15) is 5.69 Å². The molecular formula is C27H29N5O4. The molecule has 1 amide bonds. The summed E-state index contributed by atoms with van der Waals surface area (Å²) in [6.07, 6.45) is 3.16. The normalized spacial score (nSPS) is 14.5. The minimum absolute atomic E-state index is 0.0489. The fourth-order valence-electron chi connectivity index (χ4n) is 4.41. The predicted molar refractivity (Wildman–Crippen MR) is 134 cm³/mol. The quantitative estimate of drug-likeness (QED) is 0.366. The molecule has 36 heavy (non-hydrogen) atoms.